The fourth-order valence-electron chi connectivity index (χ4n) is 3.90. The largest absolute Gasteiger partial charge is 0.489 e. The SMILES string of the molecule is Cc1nc(CC2CC(Oc3ccc(F)nc3)C2)nc2c1N(C)C(=O)[C@H](C)N2C. The number of anilines is 2. The van der Waals surface area contributed by atoms with Crippen molar-refractivity contribution in [3.05, 3.63) is 35.8 Å². The molecule has 1 aliphatic heterocycles. The Kier molecular flexibility index (Phi) is 4.64. The highest BCUT2D eigenvalue weighted by Crippen LogP contribution is 2.37. The van der Waals surface area contributed by atoms with E-state index in [2.05, 4.69) is 9.97 Å². The van der Waals surface area contributed by atoms with E-state index >= 15 is 0 Å². The standard InChI is InChI=1S/C20H24FN5O2/c1-11-18-19(25(3)12(2)20(27)26(18)4)24-17(23-11)9-13-7-15(8-13)28-14-5-6-16(21)22-10-14/h5-6,10,12-13,15H,7-9H2,1-4H3/t12-,13?,15?/m0/s1. The van der Waals surface area contributed by atoms with Crippen LogP contribution < -0.4 is 14.5 Å². The molecule has 0 unspecified atom stereocenters. The second-order valence-electron chi connectivity index (χ2n) is 7.68. The summed E-state index contributed by atoms with van der Waals surface area (Å²) in [6.07, 6.45) is 4.11. The molecule has 0 bridgehead atoms. The fourth-order valence-corrected chi connectivity index (χ4v) is 3.90. The molecule has 1 saturated carbocycles. The highest BCUT2D eigenvalue weighted by molar-refractivity contribution is 6.04. The van der Waals surface area contributed by atoms with Crippen molar-refractivity contribution in [2.75, 3.05) is 23.9 Å². The third-order valence-corrected chi connectivity index (χ3v) is 5.69. The maximum atomic E-state index is 12.9. The van der Waals surface area contributed by atoms with E-state index in [0.29, 0.717) is 11.7 Å². The van der Waals surface area contributed by atoms with Crippen molar-refractivity contribution in [2.45, 2.75) is 45.3 Å². The molecule has 0 radical (unpaired) electrons. The van der Waals surface area contributed by atoms with E-state index in [0.717, 1.165) is 42.3 Å². The van der Waals surface area contributed by atoms with Crippen molar-refractivity contribution in [3.8, 4) is 5.75 Å². The van der Waals surface area contributed by atoms with Gasteiger partial charge in [0.1, 0.15) is 23.3 Å². The third kappa shape index (κ3) is 3.27. The predicted octanol–water partition coefficient (Wildman–Crippen LogP) is 2.52. The first-order valence-electron chi connectivity index (χ1n) is 9.49. The minimum Gasteiger partial charge on any atom is -0.489 e. The van der Waals surface area contributed by atoms with E-state index < -0.39 is 5.95 Å². The Labute approximate surface area is 163 Å². The zero-order chi connectivity index (χ0) is 20.0. The number of carbonyl (C=O) groups excluding carboxylic acids is 1. The van der Waals surface area contributed by atoms with Crippen molar-refractivity contribution < 1.29 is 13.9 Å². The summed E-state index contributed by atoms with van der Waals surface area (Å²) in [4.78, 5) is 29.0. The Morgan fingerprint density at radius 1 is 1.25 bits per heavy atom. The molecule has 0 saturated heterocycles. The van der Waals surface area contributed by atoms with Crippen molar-refractivity contribution in [2.24, 2.45) is 5.92 Å². The smallest absolute Gasteiger partial charge is 0.249 e. The van der Waals surface area contributed by atoms with Gasteiger partial charge in [0.15, 0.2) is 5.82 Å². The summed E-state index contributed by atoms with van der Waals surface area (Å²) in [6, 6.07) is 2.65. The van der Waals surface area contributed by atoms with E-state index in [-0.39, 0.29) is 18.1 Å². The Balaban J connectivity index is 1.42. The summed E-state index contributed by atoms with van der Waals surface area (Å²) >= 11 is 0. The van der Waals surface area contributed by atoms with Crippen LogP contribution in [0.15, 0.2) is 18.3 Å². The zero-order valence-electron chi connectivity index (χ0n) is 16.5. The number of fused-ring (bicyclic) bond motifs is 1. The van der Waals surface area contributed by atoms with Crippen LogP contribution >= 0.6 is 0 Å². The van der Waals surface area contributed by atoms with Gasteiger partial charge in [0.25, 0.3) is 0 Å². The lowest BCUT2D eigenvalue weighted by molar-refractivity contribution is -0.119. The molecule has 2 aromatic rings. The van der Waals surface area contributed by atoms with Gasteiger partial charge in [-0.2, -0.15) is 4.39 Å². The van der Waals surface area contributed by atoms with Crippen LogP contribution in [0.5, 0.6) is 5.75 Å². The van der Waals surface area contributed by atoms with Crippen LogP contribution in [-0.4, -0.2) is 47.1 Å². The quantitative estimate of drug-likeness (QED) is 0.753. The number of nitrogens with zero attached hydrogens (tertiary/aromatic N) is 5. The lowest BCUT2D eigenvalue weighted by atomic mass is 9.80. The first-order chi connectivity index (χ1) is 13.3. The number of hydrogen-bond donors (Lipinski definition) is 0. The summed E-state index contributed by atoms with van der Waals surface area (Å²) in [7, 11) is 3.67. The molecule has 2 aliphatic rings. The van der Waals surface area contributed by atoms with Gasteiger partial charge in [0.05, 0.1) is 18.0 Å². The van der Waals surface area contributed by atoms with Gasteiger partial charge in [-0.3, -0.25) is 4.79 Å². The molecule has 1 atom stereocenters. The number of amides is 1. The Morgan fingerprint density at radius 3 is 2.68 bits per heavy atom. The van der Waals surface area contributed by atoms with E-state index in [4.69, 9.17) is 9.72 Å². The summed E-state index contributed by atoms with van der Waals surface area (Å²) in [5.74, 6) is 2.18. The van der Waals surface area contributed by atoms with Gasteiger partial charge in [-0.15, -0.1) is 0 Å². The Bertz CT molecular complexity index is 898. The summed E-state index contributed by atoms with van der Waals surface area (Å²) < 4.78 is 18.7. The number of rotatable bonds is 4. The number of hydrogen-bond acceptors (Lipinski definition) is 6. The number of halogens is 1. The van der Waals surface area contributed by atoms with Gasteiger partial charge in [0.2, 0.25) is 11.9 Å². The first kappa shape index (κ1) is 18.6. The molecule has 148 valence electrons. The molecule has 7 nitrogen and oxygen atoms in total. The number of ether oxygens (including phenoxy) is 1. The zero-order valence-corrected chi connectivity index (χ0v) is 16.5. The van der Waals surface area contributed by atoms with Crippen LogP contribution in [0.1, 0.15) is 31.3 Å². The highest BCUT2D eigenvalue weighted by Gasteiger charge is 2.36. The van der Waals surface area contributed by atoms with Gasteiger partial charge in [-0.05, 0) is 44.7 Å². The van der Waals surface area contributed by atoms with Crippen LogP contribution in [-0.2, 0) is 11.2 Å². The molecule has 28 heavy (non-hydrogen) atoms. The van der Waals surface area contributed by atoms with Crippen LogP contribution in [0.25, 0.3) is 0 Å². The van der Waals surface area contributed by atoms with Crippen LogP contribution in [0.3, 0.4) is 0 Å². The molecule has 2 aromatic heterocycles. The minimum absolute atomic E-state index is 0.0451. The maximum absolute atomic E-state index is 12.9. The molecule has 0 N–H and O–H groups in total. The predicted molar refractivity (Wildman–Crippen MR) is 103 cm³/mol. The number of likely N-dealkylation sites (N-methyl/N-ethyl adjacent to an activating group) is 2. The number of pyridine rings is 1. The molecular weight excluding hydrogens is 361 g/mol. The highest BCUT2D eigenvalue weighted by atomic mass is 19.1. The van der Waals surface area contributed by atoms with Crippen LogP contribution in [0.2, 0.25) is 0 Å². The van der Waals surface area contributed by atoms with E-state index in [1.54, 1.807) is 18.0 Å². The second-order valence-corrected chi connectivity index (χ2v) is 7.68. The number of carbonyl (C=O) groups is 1. The molecule has 3 heterocycles. The molecular formula is C20H24FN5O2. The fraction of sp³-hybridized carbons (Fsp3) is 0.500. The van der Waals surface area contributed by atoms with E-state index in [1.807, 2.05) is 25.8 Å². The van der Waals surface area contributed by atoms with E-state index in [9.17, 15) is 9.18 Å². The Morgan fingerprint density at radius 2 is 2.00 bits per heavy atom. The van der Waals surface area contributed by atoms with Crippen LogP contribution in [0, 0.1) is 18.8 Å². The van der Waals surface area contributed by atoms with Gasteiger partial charge < -0.3 is 14.5 Å². The molecule has 4 rings (SSSR count). The van der Waals surface area contributed by atoms with Crippen molar-refractivity contribution in [3.63, 3.8) is 0 Å². The summed E-state index contributed by atoms with van der Waals surface area (Å²) in [5.41, 5.74) is 1.60. The van der Waals surface area contributed by atoms with Gasteiger partial charge in [-0.1, -0.05) is 0 Å². The third-order valence-electron chi connectivity index (χ3n) is 5.69. The first-order valence-corrected chi connectivity index (χ1v) is 9.49. The summed E-state index contributed by atoms with van der Waals surface area (Å²) in [5, 5.41) is 0. The lowest BCUT2D eigenvalue weighted by Gasteiger charge is -2.38. The normalized spacial score (nSPS) is 24.0. The van der Waals surface area contributed by atoms with Crippen molar-refractivity contribution in [1.82, 2.24) is 15.0 Å². The van der Waals surface area contributed by atoms with Crippen molar-refractivity contribution in [1.29, 1.82) is 0 Å². The van der Waals surface area contributed by atoms with Crippen LogP contribution in [0.4, 0.5) is 15.9 Å². The van der Waals surface area contributed by atoms with Crippen molar-refractivity contribution >= 4 is 17.4 Å². The molecule has 1 aliphatic carbocycles. The monoisotopic (exact) mass is 385 g/mol. The topological polar surface area (TPSA) is 71.5 Å². The number of aromatic nitrogens is 3. The molecule has 1 amide bonds. The summed E-state index contributed by atoms with van der Waals surface area (Å²) in [6.45, 7) is 3.81. The molecule has 0 spiro atoms. The lowest BCUT2D eigenvalue weighted by Crippen LogP contribution is -2.50. The minimum atomic E-state index is -0.509. The van der Waals surface area contributed by atoms with Gasteiger partial charge >= 0.3 is 0 Å². The second kappa shape index (κ2) is 7.00. The maximum Gasteiger partial charge on any atom is 0.249 e. The Hall–Kier alpha value is -2.77. The van der Waals surface area contributed by atoms with Gasteiger partial charge in [-0.25, -0.2) is 15.0 Å². The molecule has 0 aromatic carbocycles. The average Bonchev–Trinajstić information content (AvgIpc) is 2.64. The van der Waals surface area contributed by atoms with E-state index in [1.165, 1.54) is 12.3 Å². The average molecular weight is 385 g/mol. The molecule has 1 fully saturated rings. The number of aryl methyl sites for hydroxylation is 1. The molecule has 8 heteroatoms. The van der Waals surface area contributed by atoms with Gasteiger partial charge in [0, 0.05) is 20.5 Å².